The van der Waals surface area contributed by atoms with E-state index < -0.39 is 17.5 Å². The normalized spacial score (nSPS) is 16.4. The van der Waals surface area contributed by atoms with Crippen LogP contribution in [0.1, 0.15) is 39.4 Å². The van der Waals surface area contributed by atoms with Crippen LogP contribution in [0, 0.1) is 11.7 Å². The number of halogens is 1. The van der Waals surface area contributed by atoms with Crippen molar-refractivity contribution >= 4 is 0 Å². The topological polar surface area (TPSA) is 49.7 Å². The van der Waals surface area contributed by atoms with E-state index >= 15 is 0 Å². The van der Waals surface area contributed by atoms with Crippen LogP contribution in [0.2, 0.25) is 0 Å². The standard InChI is InChI=1S/C14H21FO3/c1-9(2)14(4,17)8-18-13-6-5-11(15)7-12(13)10(3)16/h5-7,9-10,16-17H,8H2,1-4H3/t10-,14?/m1/s1. The summed E-state index contributed by atoms with van der Waals surface area (Å²) < 4.78 is 18.6. The van der Waals surface area contributed by atoms with E-state index in [1.165, 1.54) is 18.2 Å². The minimum absolute atomic E-state index is 0.0351. The van der Waals surface area contributed by atoms with E-state index in [1.54, 1.807) is 13.8 Å². The molecule has 0 saturated carbocycles. The highest BCUT2D eigenvalue weighted by Crippen LogP contribution is 2.27. The molecule has 102 valence electrons. The molecule has 1 rings (SSSR count). The summed E-state index contributed by atoms with van der Waals surface area (Å²) in [5, 5.41) is 19.6. The lowest BCUT2D eigenvalue weighted by atomic mass is 9.94. The second-order valence-electron chi connectivity index (χ2n) is 5.16. The molecular formula is C14H21FO3. The summed E-state index contributed by atoms with van der Waals surface area (Å²) in [6, 6.07) is 3.98. The number of aliphatic hydroxyl groups excluding tert-OH is 1. The second kappa shape index (κ2) is 5.67. The average Bonchev–Trinajstić information content (AvgIpc) is 2.27. The molecule has 0 saturated heterocycles. The van der Waals surface area contributed by atoms with E-state index in [2.05, 4.69) is 0 Å². The molecule has 0 spiro atoms. The number of benzene rings is 1. The molecule has 0 amide bonds. The summed E-state index contributed by atoms with van der Waals surface area (Å²) in [5.41, 5.74) is -0.584. The predicted molar refractivity (Wildman–Crippen MR) is 68.0 cm³/mol. The number of hydrogen-bond donors (Lipinski definition) is 2. The molecule has 0 aliphatic rings. The van der Waals surface area contributed by atoms with Crippen molar-refractivity contribution in [2.45, 2.75) is 39.4 Å². The van der Waals surface area contributed by atoms with Crippen molar-refractivity contribution in [1.82, 2.24) is 0 Å². The van der Waals surface area contributed by atoms with E-state index in [0.29, 0.717) is 11.3 Å². The predicted octanol–water partition coefficient (Wildman–Crippen LogP) is 2.66. The Balaban J connectivity index is 2.85. The Morgan fingerprint density at radius 1 is 1.33 bits per heavy atom. The zero-order valence-corrected chi connectivity index (χ0v) is 11.3. The summed E-state index contributed by atoms with van der Waals surface area (Å²) in [7, 11) is 0. The van der Waals surface area contributed by atoms with E-state index in [9.17, 15) is 14.6 Å². The lowest BCUT2D eigenvalue weighted by Gasteiger charge is -2.28. The van der Waals surface area contributed by atoms with E-state index in [-0.39, 0.29) is 12.5 Å². The summed E-state index contributed by atoms with van der Waals surface area (Å²) in [4.78, 5) is 0. The van der Waals surface area contributed by atoms with Crippen LogP contribution in [0.4, 0.5) is 4.39 Å². The van der Waals surface area contributed by atoms with Crippen LogP contribution in [0.15, 0.2) is 18.2 Å². The number of hydrogen-bond acceptors (Lipinski definition) is 3. The molecule has 0 aromatic heterocycles. The molecule has 2 N–H and O–H groups in total. The zero-order valence-electron chi connectivity index (χ0n) is 11.3. The summed E-state index contributed by atoms with van der Waals surface area (Å²) >= 11 is 0. The molecule has 2 atom stereocenters. The van der Waals surface area contributed by atoms with Gasteiger partial charge in [-0.15, -0.1) is 0 Å². The Labute approximate surface area is 107 Å². The van der Waals surface area contributed by atoms with Crippen molar-refractivity contribution in [1.29, 1.82) is 0 Å². The number of rotatable bonds is 5. The molecule has 4 heteroatoms. The second-order valence-corrected chi connectivity index (χ2v) is 5.16. The van der Waals surface area contributed by atoms with Gasteiger partial charge in [0.05, 0.1) is 11.7 Å². The van der Waals surface area contributed by atoms with E-state index in [4.69, 9.17) is 4.74 Å². The first kappa shape index (κ1) is 14.9. The van der Waals surface area contributed by atoms with Crippen molar-refractivity contribution < 1.29 is 19.3 Å². The SMILES string of the molecule is CC(C)C(C)(O)COc1ccc(F)cc1[C@@H](C)O. The fraction of sp³-hybridized carbons (Fsp3) is 0.571. The van der Waals surface area contributed by atoms with Crippen molar-refractivity contribution in [2.75, 3.05) is 6.61 Å². The van der Waals surface area contributed by atoms with Crippen molar-refractivity contribution in [3.8, 4) is 5.75 Å². The summed E-state index contributed by atoms with van der Waals surface area (Å²) in [6.07, 6.45) is -0.820. The minimum atomic E-state index is -0.968. The highest BCUT2D eigenvalue weighted by Gasteiger charge is 2.26. The third kappa shape index (κ3) is 3.68. The smallest absolute Gasteiger partial charge is 0.125 e. The van der Waals surface area contributed by atoms with Crippen molar-refractivity contribution in [3.05, 3.63) is 29.6 Å². The quantitative estimate of drug-likeness (QED) is 0.851. The third-order valence-corrected chi connectivity index (χ3v) is 3.19. The Morgan fingerprint density at radius 2 is 1.94 bits per heavy atom. The molecule has 18 heavy (non-hydrogen) atoms. The lowest BCUT2D eigenvalue weighted by molar-refractivity contribution is -0.0273. The van der Waals surface area contributed by atoms with E-state index in [1.807, 2.05) is 13.8 Å². The Morgan fingerprint density at radius 3 is 2.44 bits per heavy atom. The van der Waals surface area contributed by atoms with Gasteiger partial charge in [-0.25, -0.2) is 4.39 Å². The fourth-order valence-corrected chi connectivity index (χ4v) is 1.37. The first-order valence-electron chi connectivity index (χ1n) is 6.06. The highest BCUT2D eigenvalue weighted by atomic mass is 19.1. The van der Waals surface area contributed by atoms with Gasteiger partial charge in [0.1, 0.15) is 18.2 Å². The van der Waals surface area contributed by atoms with Crippen molar-refractivity contribution in [3.63, 3.8) is 0 Å². The van der Waals surface area contributed by atoms with Gasteiger partial charge in [0.2, 0.25) is 0 Å². The molecule has 0 bridgehead atoms. The molecule has 0 fully saturated rings. The molecule has 0 heterocycles. The van der Waals surface area contributed by atoms with Gasteiger partial charge in [-0.3, -0.25) is 0 Å². The first-order chi connectivity index (χ1) is 8.24. The lowest BCUT2D eigenvalue weighted by Crippen LogP contribution is -2.38. The van der Waals surface area contributed by atoms with Crippen LogP contribution in [0.3, 0.4) is 0 Å². The summed E-state index contributed by atoms with van der Waals surface area (Å²) in [5.74, 6) is 0.00847. The van der Waals surface area contributed by atoms with Crippen molar-refractivity contribution in [2.24, 2.45) is 5.92 Å². The molecule has 0 radical (unpaired) electrons. The Kier molecular flexibility index (Phi) is 4.71. The maximum atomic E-state index is 13.1. The fourth-order valence-electron chi connectivity index (χ4n) is 1.37. The van der Waals surface area contributed by atoms with Gasteiger partial charge in [0.15, 0.2) is 0 Å². The van der Waals surface area contributed by atoms with Crippen LogP contribution in [0.25, 0.3) is 0 Å². The number of aliphatic hydroxyl groups is 2. The van der Waals surface area contributed by atoms with Gasteiger partial charge >= 0.3 is 0 Å². The van der Waals surface area contributed by atoms with Gasteiger partial charge in [0.25, 0.3) is 0 Å². The van der Waals surface area contributed by atoms with Crippen LogP contribution < -0.4 is 4.74 Å². The van der Waals surface area contributed by atoms with Gasteiger partial charge in [-0.2, -0.15) is 0 Å². The minimum Gasteiger partial charge on any atom is -0.490 e. The van der Waals surface area contributed by atoms with Gasteiger partial charge in [-0.1, -0.05) is 13.8 Å². The average molecular weight is 256 g/mol. The van der Waals surface area contributed by atoms with Gasteiger partial charge in [0, 0.05) is 5.56 Å². The highest BCUT2D eigenvalue weighted by molar-refractivity contribution is 5.35. The molecule has 0 aliphatic carbocycles. The largest absolute Gasteiger partial charge is 0.490 e. The zero-order chi connectivity index (χ0) is 13.9. The Bertz CT molecular complexity index is 400. The number of ether oxygens (including phenoxy) is 1. The van der Waals surface area contributed by atoms with Gasteiger partial charge < -0.3 is 14.9 Å². The molecule has 1 unspecified atom stereocenters. The molecule has 1 aromatic rings. The third-order valence-electron chi connectivity index (χ3n) is 3.19. The van der Waals surface area contributed by atoms with Crippen LogP contribution in [0.5, 0.6) is 5.75 Å². The molecule has 1 aromatic carbocycles. The van der Waals surface area contributed by atoms with Crippen LogP contribution in [-0.4, -0.2) is 22.4 Å². The summed E-state index contributed by atoms with van der Waals surface area (Å²) in [6.45, 7) is 7.11. The first-order valence-corrected chi connectivity index (χ1v) is 6.06. The van der Waals surface area contributed by atoms with E-state index in [0.717, 1.165) is 0 Å². The molecule has 3 nitrogen and oxygen atoms in total. The maximum Gasteiger partial charge on any atom is 0.125 e. The van der Waals surface area contributed by atoms with Gasteiger partial charge in [-0.05, 0) is 38.0 Å². The molecular weight excluding hydrogens is 235 g/mol. The van der Waals surface area contributed by atoms with Crippen LogP contribution in [-0.2, 0) is 0 Å². The monoisotopic (exact) mass is 256 g/mol. The Hall–Kier alpha value is -1.13. The molecule has 0 aliphatic heterocycles. The van der Waals surface area contributed by atoms with Crippen LogP contribution >= 0.6 is 0 Å². The maximum absolute atomic E-state index is 13.1.